The van der Waals surface area contributed by atoms with Gasteiger partial charge in [0.1, 0.15) is 0 Å². The summed E-state index contributed by atoms with van der Waals surface area (Å²) in [7, 11) is 0. The van der Waals surface area contributed by atoms with Gasteiger partial charge in [-0.2, -0.15) is 0 Å². The number of carbonyl (C=O) groups excluding carboxylic acids is 1. The van der Waals surface area contributed by atoms with Crippen molar-refractivity contribution < 1.29 is 9.32 Å². The van der Waals surface area contributed by atoms with Gasteiger partial charge in [-0.1, -0.05) is 25.9 Å². The van der Waals surface area contributed by atoms with Crippen molar-refractivity contribution in [2.75, 3.05) is 11.9 Å². The molecule has 1 aliphatic heterocycles. The second-order valence-corrected chi connectivity index (χ2v) is 7.15. The Morgan fingerprint density at radius 2 is 2.26 bits per heavy atom. The molecule has 2 fully saturated rings. The minimum absolute atomic E-state index is 0.0665. The molecule has 0 spiro atoms. The first-order valence-electron chi connectivity index (χ1n) is 6.85. The molecule has 1 aromatic heterocycles. The third-order valence-electron chi connectivity index (χ3n) is 4.34. The van der Waals surface area contributed by atoms with Crippen LogP contribution >= 0.6 is 0 Å². The summed E-state index contributed by atoms with van der Waals surface area (Å²) in [5, 5.41) is 6.38. The standard InChI is InChI=1S/C14H21N3O2/c1-13(2)6-10-7-14(3,8-13)9-17(10)12(18)16-11-4-5-15-19-11/h4-5,10H,6-9H2,1-3H3,(H,16,18). The quantitative estimate of drug-likeness (QED) is 0.847. The third-order valence-corrected chi connectivity index (χ3v) is 4.34. The van der Waals surface area contributed by atoms with Crippen molar-refractivity contribution in [3.05, 3.63) is 12.3 Å². The lowest BCUT2D eigenvalue weighted by molar-refractivity contribution is 0.130. The number of anilines is 1. The van der Waals surface area contributed by atoms with Crippen LogP contribution in [-0.2, 0) is 0 Å². The number of nitrogens with one attached hydrogen (secondary N) is 1. The van der Waals surface area contributed by atoms with E-state index in [0.29, 0.717) is 17.3 Å². The SMILES string of the molecule is CC1(C)CC2CC(C)(CN2C(=O)Nc2ccno2)C1. The number of urea groups is 1. The van der Waals surface area contributed by atoms with E-state index in [-0.39, 0.29) is 11.4 Å². The van der Waals surface area contributed by atoms with E-state index >= 15 is 0 Å². The largest absolute Gasteiger partial charge is 0.338 e. The fourth-order valence-corrected chi connectivity index (χ4v) is 4.15. The predicted molar refractivity (Wildman–Crippen MR) is 71.8 cm³/mol. The van der Waals surface area contributed by atoms with E-state index in [1.165, 1.54) is 12.6 Å². The zero-order chi connectivity index (χ0) is 13.7. The van der Waals surface area contributed by atoms with Gasteiger partial charge in [0.05, 0.1) is 6.20 Å². The summed E-state index contributed by atoms with van der Waals surface area (Å²) < 4.78 is 4.93. The molecule has 2 bridgehead atoms. The molecule has 0 aromatic carbocycles. The van der Waals surface area contributed by atoms with Crippen LogP contribution in [0.5, 0.6) is 0 Å². The monoisotopic (exact) mass is 263 g/mol. The molecule has 19 heavy (non-hydrogen) atoms. The maximum absolute atomic E-state index is 12.3. The van der Waals surface area contributed by atoms with E-state index in [0.717, 1.165) is 19.4 Å². The normalized spacial score (nSPS) is 32.4. The highest BCUT2D eigenvalue weighted by molar-refractivity contribution is 5.88. The smallest absolute Gasteiger partial charge is 0.324 e. The molecule has 104 valence electrons. The molecule has 2 unspecified atom stereocenters. The van der Waals surface area contributed by atoms with Gasteiger partial charge in [0, 0.05) is 18.7 Å². The molecular weight excluding hydrogens is 242 g/mol. The molecule has 2 heterocycles. The van der Waals surface area contributed by atoms with Gasteiger partial charge in [-0.25, -0.2) is 4.79 Å². The van der Waals surface area contributed by atoms with Crippen molar-refractivity contribution in [1.29, 1.82) is 0 Å². The lowest BCUT2D eigenvalue weighted by atomic mass is 9.65. The van der Waals surface area contributed by atoms with Gasteiger partial charge in [0.15, 0.2) is 0 Å². The first-order chi connectivity index (χ1) is 8.87. The molecule has 1 aliphatic carbocycles. The number of hydrogen-bond acceptors (Lipinski definition) is 3. The fourth-order valence-electron chi connectivity index (χ4n) is 4.15. The highest BCUT2D eigenvalue weighted by Crippen LogP contribution is 2.52. The van der Waals surface area contributed by atoms with Crippen molar-refractivity contribution in [2.24, 2.45) is 10.8 Å². The van der Waals surface area contributed by atoms with E-state index in [1.54, 1.807) is 6.07 Å². The van der Waals surface area contributed by atoms with E-state index < -0.39 is 0 Å². The molecule has 5 heteroatoms. The molecule has 5 nitrogen and oxygen atoms in total. The number of carbonyl (C=O) groups is 1. The highest BCUT2D eigenvalue weighted by Gasteiger charge is 2.51. The Hall–Kier alpha value is -1.52. The number of amides is 2. The second kappa shape index (κ2) is 3.99. The summed E-state index contributed by atoms with van der Waals surface area (Å²) in [5.41, 5.74) is 0.574. The maximum Gasteiger partial charge on any atom is 0.324 e. The molecule has 2 amide bonds. The summed E-state index contributed by atoms with van der Waals surface area (Å²) in [6, 6.07) is 1.94. The Bertz CT molecular complexity index is 483. The Labute approximate surface area is 113 Å². The number of fused-ring (bicyclic) bond motifs is 2. The number of likely N-dealkylation sites (tertiary alicyclic amines) is 1. The zero-order valence-corrected chi connectivity index (χ0v) is 11.8. The van der Waals surface area contributed by atoms with Crippen LogP contribution in [0.3, 0.4) is 0 Å². The van der Waals surface area contributed by atoms with Crippen LogP contribution in [0.4, 0.5) is 10.7 Å². The van der Waals surface area contributed by atoms with Crippen LogP contribution in [0.15, 0.2) is 16.8 Å². The van der Waals surface area contributed by atoms with Gasteiger partial charge in [0.2, 0.25) is 5.88 Å². The minimum atomic E-state index is -0.0665. The fraction of sp³-hybridized carbons (Fsp3) is 0.714. The second-order valence-electron chi connectivity index (χ2n) is 7.15. The Balaban J connectivity index is 1.74. The number of hydrogen-bond donors (Lipinski definition) is 1. The van der Waals surface area contributed by atoms with Crippen molar-refractivity contribution in [3.8, 4) is 0 Å². The topological polar surface area (TPSA) is 58.4 Å². The van der Waals surface area contributed by atoms with Crippen LogP contribution in [0.1, 0.15) is 40.0 Å². The molecule has 1 saturated heterocycles. The highest BCUT2D eigenvalue weighted by atomic mass is 16.5. The Kier molecular flexibility index (Phi) is 2.62. The van der Waals surface area contributed by atoms with E-state index in [9.17, 15) is 4.79 Å². The van der Waals surface area contributed by atoms with Crippen LogP contribution in [0.25, 0.3) is 0 Å². The lowest BCUT2D eigenvalue weighted by Crippen LogP contribution is -2.40. The predicted octanol–water partition coefficient (Wildman–Crippen LogP) is 3.11. The van der Waals surface area contributed by atoms with Crippen LogP contribution in [-0.4, -0.2) is 28.7 Å². The molecule has 1 aromatic rings. The number of nitrogens with zero attached hydrogens (tertiary/aromatic N) is 2. The maximum atomic E-state index is 12.3. The van der Waals surface area contributed by atoms with Gasteiger partial charge in [0.25, 0.3) is 0 Å². The van der Waals surface area contributed by atoms with Crippen LogP contribution in [0, 0.1) is 10.8 Å². The van der Waals surface area contributed by atoms with E-state index in [2.05, 4.69) is 31.2 Å². The lowest BCUT2D eigenvalue weighted by Gasteiger charge is -2.39. The van der Waals surface area contributed by atoms with E-state index in [4.69, 9.17) is 4.52 Å². The first-order valence-corrected chi connectivity index (χ1v) is 6.85. The Morgan fingerprint density at radius 3 is 2.95 bits per heavy atom. The summed E-state index contributed by atoms with van der Waals surface area (Å²) in [6.45, 7) is 7.73. The summed E-state index contributed by atoms with van der Waals surface area (Å²) in [4.78, 5) is 14.3. The molecule has 1 saturated carbocycles. The first kappa shape index (κ1) is 12.5. The molecule has 2 aliphatic rings. The Morgan fingerprint density at radius 1 is 1.47 bits per heavy atom. The summed E-state index contributed by atoms with van der Waals surface area (Å²) in [5.74, 6) is 0.413. The molecule has 1 N–H and O–H groups in total. The van der Waals surface area contributed by atoms with Gasteiger partial charge in [-0.15, -0.1) is 0 Å². The summed E-state index contributed by atoms with van der Waals surface area (Å²) >= 11 is 0. The van der Waals surface area contributed by atoms with Gasteiger partial charge in [-0.05, 0) is 30.1 Å². The summed E-state index contributed by atoms with van der Waals surface area (Å²) in [6.07, 6.45) is 4.90. The van der Waals surface area contributed by atoms with Gasteiger partial charge < -0.3 is 9.42 Å². The molecular formula is C14H21N3O2. The molecule has 2 atom stereocenters. The van der Waals surface area contributed by atoms with Crippen molar-refractivity contribution in [2.45, 2.75) is 46.1 Å². The zero-order valence-electron chi connectivity index (χ0n) is 11.8. The van der Waals surface area contributed by atoms with Crippen LogP contribution in [0.2, 0.25) is 0 Å². The average molecular weight is 263 g/mol. The van der Waals surface area contributed by atoms with Gasteiger partial charge in [-0.3, -0.25) is 5.32 Å². The average Bonchev–Trinajstić information content (AvgIpc) is 2.83. The van der Waals surface area contributed by atoms with Crippen LogP contribution < -0.4 is 5.32 Å². The number of aromatic nitrogens is 1. The number of rotatable bonds is 1. The van der Waals surface area contributed by atoms with Gasteiger partial charge >= 0.3 is 6.03 Å². The molecule has 0 radical (unpaired) electrons. The van der Waals surface area contributed by atoms with E-state index in [1.807, 2.05) is 4.90 Å². The third kappa shape index (κ3) is 2.33. The molecule has 3 rings (SSSR count). The van der Waals surface area contributed by atoms with Crippen molar-refractivity contribution in [1.82, 2.24) is 10.1 Å². The minimum Gasteiger partial charge on any atom is -0.338 e. The van der Waals surface area contributed by atoms with Crippen molar-refractivity contribution in [3.63, 3.8) is 0 Å². The van der Waals surface area contributed by atoms with Crippen molar-refractivity contribution >= 4 is 11.9 Å².